The first kappa shape index (κ1) is 18.3. The summed E-state index contributed by atoms with van der Waals surface area (Å²) in [7, 11) is 2.19. The van der Waals surface area contributed by atoms with Gasteiger partial charge in [-0.1, -0.05) is 32.1 Å². The van der Waals surface area contributed by atoms with E-state index in [-0.39, 0.29) is 23.2 Å². The van der Waals surface area contributed by atoms with E-state index in [4.69, 9.17) is 9.84 Å². The van der Waals surface area contributed by atoms with Gasteiger partial charge < -0.3 is 25.0 Å². The van der Waals surface area contributed by atoms with Crippen molar-refractivity contribution in [2.45, 2.75) is 50.4 Å². The highest BCUT2D eigenvalue weighted by molar-refractivity contribution is 5.68. The van der Waals surface area contributed by atoms with Crippen molar-refractivity contribution in [2.75, 3.05) is 13.6 Å². The van der Waals surface area contributed by atoms with Crippen molar-refractivity contribution in [3.8, 4) is 11.5 Å². The highest BCUT2D eigenvalue weighted by atomic mass is 16.5. The first-order valence-electron chi connectivity index (χ1n) is 9.58. The second-order valence-electron chi connectivity index (χ2n) is 8.42. The maximum atomic E-state index is 10.4. The van der Waals surface area contributed by atoms with Crippen molar-refractivity contribution in [1.29, 1.82) is 0 Å². The molecule has 1 aromatic rings. The summed E-state index contributed by atoms with van der Waals surface area (Å²) in [6.45, 7) is 4.29. The van der Waals surface area contributed by atoms with E-state index in [1.807, 2.05) is 12.1 Å². The smallest absolute Gasteiger partial charge is 0.305 e. The average molecular weight is 373 g/mol. The molecular weight excluding hydrogens is 346 g/mol. The van der Waals surface area contributed by atoms with Crippen LogP contribution in [0.2, 0.25) is 0 Å². The van der Waals surface area contributed by atoms with E-state index in [9.17, 15) is 15.0 Å². The van der Waals surface area contributed by atoms with Crippen LogP contribution in [0.4, 0.5) is 0 Å². The molecule has 2 aliphatic heterocycles. The Hall–Kier alpha value is -2.05. The van der Waals surface area contributed by atoms with E-state index in [1.54, 1.807) is 19.9 Å². The van der Waals surface area contributed by atoms with Crippen molar-refractivity contribution in [3.05, 3.63) is 35.4 Å². The molecular formula is C21H27NO5. The highest BCUT2D eigenvalue weighted by Crippen LogP contribution is 2.62. The van der Waals surface area contributed by atoms with Crippen LogP contribution < -0.4 is 4.74 Å². The van der Waals surface area contributed by atoms with Crippen LogP contribution >= 0.6 is 0 Å². The summed E-state index contributed by atoms with van der Waals surface area (Å²) in [6.07, 6.45) is 5.18. The fourth-order valence-electron chi connectivity index (χ4n) is 5.24. The number of piperidine rings is 1. The SMILES string of the molecule is CC(C)C(=O)O.CN1CC[C@]23c4c5ccc(O)c4O[C@H]2[C@@H](O)C=C[C@H]3[C@H]1C5. The average Bonchev–Trinajstić information content (AvgIpc) is 2.98. The van der Waals surface area contributed by atoms with Gasteiger partial charge in [0, 0.05) is 22.9 Å². The third kappa shape index (κ3) is 2.50. The summed E-state index contributed by atoms with van der Waals surface area (Å²) in [5.74, 6) is 0.217. The summed E-state index contributed by atoms with van der Waals surface area (Å²) in [4.78, 5) is 12.1. The monoisotopic (exact) mass is 373 g/mol. The molecule has 1 saturated heterocycles. The first-order valence-corrected chi connectivity index (χ1v) is 9.58. The molecule has 146 valence electrons. The van der Waals surface area contributed by atoms with Crippen LogP contribution in [0.5, 0.6) is 11.5 Å². The predicted octanol–water partition coefficient (Wildman–Crippen LogP) is 1.93. The van der Waals surface area contributed by atoms with Crippen LogP contribution in [0.1, 0.15) is 31.4 Å². The van der Waals surface area contributed by atoms with Crippen molar-refractivity contribution in [2.24, 2.45) is 11.8 Å². The van der Waals surface area contributed by atoms with Gasteiger partial charge in [-0.25, -0.2) is 0 Å². The first-order chi connectivity index (χ1) is 12.8. The van der Waals surface area contributed by atoms with Crippen LogP contribution in [-0.4, -0.2) is 58.0 Å². The molecule has 0 unspecified atom stereocenters. The van der Waals surface area contributed by atoms with Gasteiger partial charge >= 0.3 is 5.97 Å². The molecule has 1 aromatic carbocycles. The molecule has 2 heterocycles. The number of phenolic OH excluding ortho intramolecular Hbond substituents is 1. The summed E-state index contributed by atoms with van der Waals surface area (Å²) in [6, 6.07) is 4.23. The summed E-state index contributed by atoms with van der Waals surface area (Å²) < 4.78 is 6.09. The molecule has 3 N–H and O–H groups in total. The lowest BCUT2D eigenvalue weighted by atomic mass is 9.53. The molecule has 5 atom stereocenters. The Morgan fingerprint density at radius 2 is 2.04 bits per heavy atom. The van der Waals surface area contributed by atoms with Crippen molar-refractivity contribution < 1.29 is 24.9 Å². The van der Waals surface area contributed by atoms with Crippen LogP contribution in [0, 0.1) is 11.8 Å². The van der Waals surface area contributed by atoms with Crippen LogP contribution in [0.25, 0.3) is 0 Å². The van der Waals surface area contributed by atoms with E-state index in [0.29, 0.717) is 17.7 Å². The molecule has 0 amide bonds. The molecule has 27 heavy (non-hydrogen) atoms. The summed E-state index contributed by atoms with van der Waals surface area (Å²) in [5, 5.41) is 28.6. The number of carboxylic acid groups (broad SMARTS) is 1. The quantitative estimate of drug-likeness (QED) is 0.652. The maximum absolute atomic E-state index is 10.4. The van der Waals surface area contributed by atoms with Crippen molar-refractivity contribution >= 4 is 5.97 Å². The molecule has 0 saturated carbocycles. The minimum atomic E-state index is -0.741. The Bertz CT molecular complexity index is 804. The minimum absolute atomic E-state index is 0.160. The van der Waals surface area contributed by atoms with Gasteiger partial charge in [-0.3, -0.25) is 4.79 Å². The van der Waals surface area contributed by atoms with Crippen molar-refractivity contribution in [3.63, 3.8) is 0 Å². The number of carboxylic acids is 1. The second-order valence-corrected chi connectivity index (χ2v) is 8.42. The zero-order valence-corrected chi connectivity index (χ0v) is 15.9. The maximum Gasteiger partial charge on any atom is 0.305 e. The summed E-state index contributed by atoms with van der Waals surface area (Å²) in [5.41, 5.74) is 2.29. The number of rotatable bonds is 1. The van der Waals surface area contributed by atoms with Gasteiger partial charge in [0.1, 0.15) is 12.2 Å². The topological polar surface area (TPSA) is 90.2 Å². The number of hydrogen-bond acceptors (Lipinski definition) is 5. The Labute approximate surface area is 159 Å². The number of nitrogens with zero attached hydrogens (tertiary/aromatic N) is 1. The normalized spacial score (nSPS) is 35.1. The number of ether oxygens (including phenoxy) is 1. The van der Waals surface area contributed by atoms with E-state index in [2.05, 4.69) is 18.0 Å². The molecule has 2 aliphatic carbocycles. The number of aliphatic carboxylic acids is 1. The number of benzene rings is 1. The van der Waals surface area contributed by atoms with Gasteiger partial charge in [0.15, 0.2) is 11.5 Å². The van der Waals surface area contributed by atoms with Gasteiger partial charge in [0.05, 0.1) is 5.92 Å². The summed E-state index contributed by atoms with van der Waals surface area (Å²) >= 11 is 0. The standard InChI is InChI=1S/C17H19NO3.C4H8O2/c1-18-7-6-17-10-3-5-13(20)16(17)21-15-12(19)4-2-9(14(15)17)8-11(10)18;1-3(2)4(5)6/h2-5,10-11,13,16,19-20H,6-8H2,1H3;3H,1-2H3,(H,5,6)/t10-,11+,13-,16-,17-;/m0./s1. The lowest BCUT2D eigenvalue weighted by Gasteiger charge is -2.56. The number of hydrogen-bond donors (Lipinski definition) is 3. The molecule has 0 radical (unpaired) electrons. The van der Waals surface area contributed by atoms with Crippen LogP contribution in [0.15, 0.2) is 24.3 Å². The molecule has 1 fully saturated rings. The minimum Gasteiger partial charge on any atom is -0.504 e. The largest absolute Gasteiger partial charge is 0.504 e. The number of likely N-dealkylation sites (N-methyl/N-ethyl adjacent to an activating group) is 1. The van der Waals surface area contributed by atoms with E-state index in [1.165, 1.54) is 11.1 Å². The zero-order valence-electron chi connectivity index (χ0n) is 15.9. The number of aliphatic hydroxyl groups is 1. The van der Waals surface area contributed by atoms with Crippen molar-refractivity contribution in [1.82, 2.24) is 4.90 Å². The lowest BCUT2D eigenvalue weighted by Crippen LogP contribution is -2.64. The number of aromatic hydroxyl groups is 1. The number of carbonyl (C=O) groups is 1. The van der Waals surface area contributed by atoms with E-state index < -0.39 is 12.1 Å². The fourth-order valence-corrected chi connectivity index (χ4v) is 5.24. The van der Waals surface area contributed by atoms with Crippen LogP contribution in [0.3, 0.4) is 0 Å². The molecule has 5 rings (SSSR count). The number of aliphatic hydroxyl groups excluding tert-OH is 1. The molecule has 0 aromatic heterocycles. The highest BCUT2D eigenvalue weighted by Gasteiger charge is 2.64. The Morgan fingerprint density at radius 1 is 1.33 bits per heavy atom. The van der Waals surface area contributed by atoms with E-state index in [0.717, 1.165) is 19.4 Å². The molecule has 4 aliphatic rings. The molecule has 6 heteroatoms. The lowest BCUT2D eigenvalue weighted by molar-refractivity contribution is -0.140. The third-order valence-corrected chi connectivity index (χ3v) is 6.64. The molecule has 2 bridgehead atoms. The van der Waals surface area contributed by atoms with Gasteiger partial charge in [0.25, 0.3) is 0 Å². The van der Waals surface area contributed by atoms with Gasteiger partial charge in [-0.05, 0) is 38.1 Å². The zero-order chi connectivity index (χ0) is 19.5. The van der Waals surface area contributed by atoms with Crippen LogP contribution in [-0.2, 0) is 16.6 Å². The predicted molar refractivity (Wildman–Crippen MR) is 100 cm³/mol. The number of phenols is 1. The fraction of sp³-hybridized carbons (Fsp3) is 0.571. The van der Waals surface area contributed by atoms with Gasteiger partial charge in [-0.15, -0.1) is 0 Å². The Balaban J connectivity index is 0.000000264. The molecule has 6 nitrogen and oxygen atoms in total. The Kier molecular flexibility index (Phi) is 4.24. The van der Waals surface area contributed by atoms with Gasteiger partial charge in [0.2, 0.25) is 0 Å². The number of likely N-dealkylation sites (tertiary alicyclic amines) is 1. The van der Waals surface area contributed by atoms with Gasteiger partial charge in [-0.2, -0.15) is 0 Å². The second kappa shape index (κ2) is 6.24. The van der Waals surface area contributed by atoms with E-state index >= 15 is 0 Å². The molecule has 1 spiro atoms. The third-order valence-electron chi connectivity index (χ3n) is 6.64. The Morgan fingerprint density at radius 3 is 2.70 bits per heavy atom.